The third-order valence-electron chi connectivity index (χ3n) is 4.42. The maximum Gasteiger partial charge on any atom is 0.490 e. The summed E-state index contributed by atoms with van der Waals surface area (Å²) in [7, 11) is 0. The number of carboxylic acid groups (broad SMARTS) is 1. The SMILES string of the molecule is O=C(O)C(F)(F)F.c1cnc(N2CCO[C@H]3CN(Cc4ccn[nH]4)C[C@H]32)cn1. The van der Waals surface area contributed by atoms with Crippen LogP contribution >= 0.6 is 0 Å². The molecule has 2 aromatic rings. The maximum atomic E-state index is 10.6. The van der Waals surface area contributed by atoms with E-state index in [1.165, 1.54) is 0 Å². The maximum absolute atomic E-state index is 10.6. The Morgan fingerprint density at radius 1 is 1.32 bits per heavy atom. The minimum absolute atomic E-state index is 0.240. The highest BCUT2D eigenvalue weighted by Crippen LogP contribution is 2.27. The molecule has 152 valence electrons. The molecule has 0 aromatic carbocycles. The van der Waals surface area contributed by atoms with Crippen molar-refractivity contribution in [3.05, 3.63) is 36.5 Å². The molecule has 2 aliphatic rings. The number of halogens is 3. The number of alkyl halides is 3. The van der Waals surface area contributed by atoms with Crippen molar-refractivity contribution in [1.29, 1.82) is 0 Å². The van der Waals surface area contributed by atoms with Crippen LogP contribution in [0.2, 0.25) is 0 Å². The van der Waals surface area contributed by atoms with Crippen LogP contribution in [-0.4, -0.2) is 80.7 Å². The van der Waals surface area contributed by atoms with Crippen molar-refractivity contribution >= 4 is 11.8 Å². The first-order chi connectivity index (χ1) is 13.3. The van der Waals surface area contributed by atoms with Crippen molar-refractivity contribution in [2.75, 3.05) is 31.1 Å². The number of aromatic amines is 1. The number of H-pyrrole nitrogens is 1. The van der Waals surface area contributed by atoms with E-state index < -0.39 is 12.1 Å². The molecule has 0 radical (unpaired) electrons. The number of likely N-dealkylation sites (tertiary alicyclic amines) is 1. The Morgan fingerprint density at radius 3 is 2.71 bits per heavy atom. The predicted molar refractivity (Wildman–Crippen MR) is 90.5 cm³/mol. The van der Waals surface area contributed by atoms with Gasteiger partial charge in [-0.25, -0.2) is 9.78 Å². The molecule has 0 spiro atoms. The number of anilines is 1. The highest BCUT2D eigenvalue weighted by Gasteiger charge is 2.40. The molecule has 9 nitrogen and oxygen atoms in total. The smallest absolute Gasteiger partial charge is 0.475 e. The zero-order valence-electron chi connectivity index (χ0n) is 14.7. The second kappa shape index (κ2) is 8.52. The fourth-order valence-electron chi connectivity index (χ4n) is 3.23. The lowest BCUT2D eigenvalue weighted by Crippen LogP contribution is -2.51. The van der Waals surface area contributed by atoms with Gasteiger partial charge in [0.05, 0.1) is 24.9 Å². The number of aliphatic carboxylic acids is 1. The quantitative estimate of drug-likeness (QED) is 0.783. The highest BCUT2D eigenvalue weighted by atomic mass is 19.4. The Balaban J connectivity index is 0.000000279. The summed E-state index contributed by atoms with van der Waals surface area (Å²) >= 11 is 0. The van der Waals surface area contributed by atoms with E-state index in [4.69, 9.17) is 14.6 Å². The predicted octanol–water partition coefficient (Wildman–Crippen LogP) is 0.923. The Bertz CT molecular complexity index is 759. The molecular weight excluding hydrogens is 381 g/mol. The average Bonchev–Trinajstić information content (AvgIpc) is 3.31. The standard InChI is InChI=1S/C14H18N6O.C2HF3O2/c1-2-17-18-11(1)8-19-9-12-13(10-19)21-6-5-20(12)14-7-15-3-4-16-14;3-2(4,5)1(6)7/h1-4,7,12-13H,5-6,8-10H2,(H,17,18);(H,6,7)/t12-,13+;/m1./s1. The van der Waals surface area contributed by atoms with Gasteiger partial charge in [-0.3, -0.25) is 15.0 Å². The molecule has 2 saturated heterocycles. The Morgan fingerprint density at radius 2 is 2.11 bits per heavy atom. The Labute approximate surface area is 158 Å². The number of fused-ring (bicyclic) bond motifs is 1. The zero-order valence-corrected chi connectivity index (χ0v) is 14.7. The number of ether oxygens (including phenoxy) is 1. The molecule has 0 aliphatic carbocycles. The summed E-state index contributed by atoms with van der Waals surface area (Å²) in [4.78, 5) is 22.2. The number of carboxylic acids is 1. The van der Waals surface area contributed by atoms with Gasteiger partial charge in [-0.1, -0.05) is 0 Å². The molecule has 12 heteroatoms. The number of nitrogens with zero attached hydrogens (tertiary/aromatic N) is 5. The molecule has 0 bridgehead atoms. The lowest BCUT2D eigenvalue weighted by atomic mass is 10.1. The average molecular weight is 400 g/mol. The van der Waals surface area contributed by atoms with E-state index in [1.807, 2.05) is 12.3 Å². The molecule has 2 N–H and O–H groups in total. The third kappa shape index (κ3) is 4.95. The van der Waals surface area contributed by atoms with Gasteiger partial charge in [-0.2, -0.15) is 18.3 Å². The summed E-state index contributed by atoms with van der Waals surface area (Å²) in [5, 5.41) is 14.2. The van der Waals surface area contributed by atoms with Crippen molar-refractivity contribution in [3.8, 4) is 0 Å². The summed E-state index contributed by atoms with van der Waals surface area (Å²) in [6.45, 7) is 4.42. The van der Waals surface area contributed by atoms with E-state index in [0.717, 1.165) is 44.3 Å². The molecule has 0 saturated carbocycles. The minimum Gasteiger partial charge on any atom is -0.475 e. The fraction of sp³-hybridized carbons (Fsp3) is 0.500. The number of rotatable bonds is 3. The lowest BCUT2D eigenvalue weighted by molar-refractivity contribution is -0.192. The van der Waals surface area contributed by atoms with Crippen molar-refractivity contribution < 1.29 is 27.8 Å². The topological polar surface area (TPSA) is 107 Å². The molecule has 2 atom stereocenters. The molecule has 2 aliphatic heterocycles. The minimum atomic E-state index is -5.08. The van der Waals surface area contributed by atoms with Crippen LogP contribution in [0.15, 0.2) is 30.9 Å². The van der Waals surface area contributed by atoms with Gasteiger partial charge in [-0.15, -0.1) is 0 Å². The van der Waals surface area contributed by atoms with E-state index in [-0.39, 0.29) is 6.10 Å². The molecule has 4 heterocycles. The summed E-state index contributed by atoms with van der Waals surface area (Å²) in [5.74, 6) is -1.81. The van der Waals surface area contributed by atoms with Crippen LogP contribution in [0.25, 0.3) is 0 Å². The van der Waals surface area contributed by atoms with Crippen molar-refractivity contribution in [2.24, 2.45) is 0 Å². The third-order valence-corrected chi connectivity index (χ3v) is 4.42. The summed E-state index contributed by atoms with van der Waals surface area (Å²) in [6, 6.07) is 2.36. The van der Waals surface area contributed by atoms with Crippen molar-refractivity contribution in [1.82, 2.24) is 25.1 Å². The first-order valence-electron chi connectivity index (χ1n) is 8.49. The number of hydrogen-bond donors (Lipinski definition) is 2. The number of carbonyl (C=O) groups is 1. The molecule has 4 rings (SSSR count). The summed E-state index contributed by atoms with van der Waals surface area (Å²) < 4.78 is 37.7. The highest BCUT2D eigenvalue weighted by molar-refractivity contribution is 5.73. The monoisotopic (exact) mass is 400 g/mol. The van der Waals surface area contributed by atoms with Crippen molar-refractivity contribution in [3.63, 3.8) is 0 Å². The van der Waals surface area contributed by atoms with Crippen LogP contribution in [0.5, 0.6) is 0 Å². The van der Waals surface area contributed by atoms with Gasteiger partial charge in [0.15, 0.2) is 0 Å². The van der Waals surface area contributed by atoms with Crippen LogP contribution in [0, 0.1) is 0 Å². The van der Waals surface area contributed by atoms with Gasteiger partial charge in [0.25, 0.3) is 0 Å². The van der Waals surface area contributed by atoms with Crippen LogP contribution in [0.1, 0.15) is 5.69 Å². The number of morpholine rings is 1. The first-order valence-corrected chi connectivity index (χ1v) is 8.49. The van der Waals surface area contributed by atoms with Gasteiger partial charge in [0.2, 0.25) is 0 Å². The van der Waals surface area contributed by atoms with Gasteiger partial charge < -0.3 is 14.7 Å². The van der Waals surface area contributed by atoms with Gasteiger partial charge >= 0.3 is 12.1 Å². The van der Waals surface area contributed by atoms with Crippen LogP contribution in [-0.2, 0) is 16.1 Å². The summed E-state index contributed by atoms with van der Waals surface area (Å²) in [6.07, 6.45) is 2.24. The Hall–Kier alpha value is -2.73. The van der Waals surface area contributed by atoms with E-state index >= 15 is 0 Å². The van der Waals surface area contributed by atoms with Gasteiger partial charge in [-0.05, 0) is 6.07 Å². The number of aromatic nitrogens is 4. The van der Waals surface area contributed by atoms with Crippen LogP contribution in [0.4, 0.5) is 19.0 Å². The molecule has 0 unspecified atom stereocenters. The van der Waals surface area contributed by atoms with Gasteiger partial charge in [0, 0.05) is 50.5 Å². The van der Waals surface area contributed by atoms with E-state index in [1.54, 1.807) is 18.6 Å². The molecular formula is C16H19F3N6O3. The van der Waals surface area contributed by atoms with E-state index in [2.05, 4.69) is 30.0 Å². The number of nitrogens with one attached hydrogen (secondary N) is 1. The first kappa shape index (κ1) is 20.0. The fourth-order valence-corrected chi connectivity index (χ4v) is 3.23. The van der Waals surface area contributed by atoms with E-state index in [0.29, 0.717) is 6.04 Å². The second-order valence-electron chi connectivity index (χ2n) is 6.31. The molecule has 2 aromatic heterocycles. The molecule has 2 fully saturated rings. The van der Waals surface area contributed by atoms with Crippen molar-refractivity contribution in [2.45, 2.75) is 24.9 Å². The lowest BCUT2D eigenvalue weighted by Gasteiger charge is -2.37. The van der Waals surface area contributed by atoms with Crippen LogP contribution < -0.4 is 4.90 Å². The normalized spacial score (nSPS) is 22.3. The summed E-state index contributed by atoms with van der Waals surface area (Å²) in [5.41, 5.74) is 1.14. The molecule has 28 heavy (non-hydrogen) atoms. The zero-order chi connectivity index (χ0) is 20.1. The second-order valence-corrected chi connectivity index (χ2v) is 6.31. The molecule has 0 amide bonds. The van der Waals surface area contributed by atoms with Crippen LogP contribution in [0.3, 0.4) is 0 Å². The Kier molecular flexibility index (Phi) is 6.09. The number of hydrogen-bond acceptors (Lipinski definition) is 7. The van der Waals surface area contributed by atoms with E-state index in [9.17, 15) is 13.2 Å². The largest absolute Gasteiger partial charge is 0.490 e. The van der Waals surface area contributed by atoms with Gasteiger partial charge in [0.1, 0.15) is 5.82 Å².